The predicted molar refractivity (Wildman–Crippen MR) is 102 cm³/mol. The van der Waals surface area contributed by atoms with Crippen molar-refractivity contribution in [2.45, 2.75) is 39.4 Å². The average Bonchev–Trinajstić information content (AvgIpc) is 2.51. The van der Waals surface area contributed by atoms with Crippen LogP contribution in [0.2, 0.25) is 0 Å². The molecule has 0 spiro atoms. The molecule has 0 aromatic heterocycles. The van der Waals surface area contributed by atoms with Crippen LogP contribution in [0.5, 0.6) is 0 Å². The van der Waals surface area contributed by atoms with Gasteiger partial charge in [-0.25, -0.2) is 8.42 Å². The highest BCUT2D eigenvalue weighted by atomic mass is 32.2. The number of carbonyl (C=O) groups excluding carboxylic acids is 1. The zero-order valence-corrected chi connectivity index (χ0v) is 15.8. The third kappa shape index (κ3) is 6.02. The van der Waals surface area contributed by atoms with Crippen LogP contribution in [0, 0.1) is 20.8 Å². The fraction of sp³-hybridized carbons (Fsp3) is 0.350. The fourth-order valence-electron chi connectivity index (χ4n) is 2.93. The van der Waals surface area contributed by atoms with Crippen LogP contribution < -0.4 is 5.32 Å². The van der Waals surface area contributed by atoms with E-state index in [0.717, 1.165) is 27.9 Å². The smallest absolute Gasteiger partial charge is 0.224 e. The number of hydrogen-bond acceptors (Lipinski definition) is 3. The number of hydrogen-bond donors (Lipinski definition) is 1. The van der Waals surface area contributed by atoms with Gasteiger partial charge in [-0.1, -0.05) is 48.0 Å². The summed E-state index contributed by atoms with van der Waals surface area (Å²) in [6, 6.07) is 13.1. The van der Waals surface area contributed by atoms with E-state index in [-0.39, 0.29) is 23.8 Å². The molecule has 0 unspecified atom stereocenters. The Bertz CT molecular complexity index is 819. The van der Waals surface area contributed by atoms with Gasteiger partial charge >= 0.3 is 0 Å². The maximum atomic E-state index is 12.2. The summed E-state index contributed by atoms with van der Waals surface area (Å²) in [5.74, 6) is -0.114. The molecule has 0 aliphatic carbocycles. The zero-order valence-electron chi connectivity index (χ0n) is 15.0. The summed E-state index contributed by atoms with van der Waals surface area (Å²) >= 11 is 0. The van der Waals surface area contributed by atoms with E-state index in [1.165, 1.54) is 0 Å². The highest BCUT2D eigenvalue weighted by Gasteiger charge is 2.14. The van der Waals surface area contributed by atoms with Crippen molar-refractivity contribution in [2.24, 2.45) is 0 Å². The van der Waals surface area contributed by atoms with Gasteiger partial charge in [-0.05, 0) is 43.9 Å². The van der Waals surface area contributed by atoms with Gasteiger partial charge in [-0.3, -0.25) is 4.79 Å². The number of sulfone groups is 1. The van der Waals surface area contributed by atoms with Gasteiger partial charge in [0.25, 0.3) is 0 Å². The molecule has 2 rings (SSSR count). The summed E-state index contributed by atoms with van der Waals surface area (Å²) in [4.78, 5) is 12.1. The molecule has 4 nitrogen and oxygen atoms in total. The fourth-order valence-corrected chi connectivity index (χ4v) is 4.36. The van der Waals surface area contributed by atoms with Gasteiger partial charge in [0, 0.05) is 12.1 Å². The van der Waals surface area contributed by atoms with Crippen molar-refractivity contribution in [1.82, 2.24) is 0 Å². The number of anilines is 1. The molecule has 0 fully saturated rings. The van der Waals surface area contributed by atoms with E-state index in [9.17, 15) is 13.2 Å². The third-order valence-electron chi connectivity index (χ3n) is 4.03. The second-order valence-electron chi connectivity index (χ2n) is 6.50. The molecule has 134 valence electrons. The standard InChI is InChI=1S/C20H25NO3S/c1-15-12-16(2)20(17(3)13-15)21-19(22)10-7-11-25(23,24)14-18-8-5-4-6-9-18/h4-6,8-9,12-13H,7,10-11,14H2,1-3H3,(H,21,22). The number of benzene rings is 2. The number of rotatable bonds is 7. The first-order valence-electron chi connectivity index (χ1n) is 8.39. The van der Waals surface area contributed by atoms with Crippen molar-refractivity contribution in [1.29, 1.82) is 0 Å². The lowest BCUT2D eigenvalue weighted by Crippen LogP contribution is -2.16. The van der Waals surface area contributed by atoms with Crippen LogP contribution in [-0.2, 0) is 20.4 Å². The van der Waals surface area contributed by atoms with Crippen molar-refractivity contribution in [2.75, 3.05) is 11.1 Å². The van der Waals surface area contributed by atoms with E-state index in [2.05, 4.69) is 5.32 Å². The normalized spacial score (nSPS) is 11.3. The van der Waals surface area contributed by atoms with Crippen molar-refractivity contribution >= 4 is 21.4 Å². The zero-order chi connectivity index (χ0) is 18.4. The number of amides is 1. The predicted octanol–water partition coefficient (Wildman–Crippen LogP) is 3.95. The number of carbonyl (C=O) groups is 1. The quantitative estimate of drug-likeness (QED) is 0.814. The van der Waals surface area contributed by atoms with E-state index in [4.69, 9.17) is 0 Å². The molecule has 0 atom stereocenters. The van der Waals surface area contributed by atoms with Crippen molar-refractivity contribution < 1.29 is 13.2 Å². The number of nitrogens with one attached hydrogen (secondary N) is 1. The molecule has 0 heterocycles. The van der Waals surface area contributed by atoms with Gasteiger partial charge in [-0.15, -0.1) is 0 Å². The Morgan fingerprint density at radius 2 is 1.60 bits per heavy atom. The van der Waals surface area contributed by atoms with E-state index >= 15 is 0 Å². The second kappa shape index (κ2) is 8.30. The molecule has 0 radical (unpaired) electrons. The van der Waals surface area contributed by atoms with Gasteiger partial charge in [0.2, 0.25) is 5.91 Å². The minimum Gasteiger partial charge on any atom is -0.326 e. The molecule has 5 heteroatoms. The maximum absolute atomic E-state index is 12.2. The van der Waals surface area contributed by atoms with E-state index in [1.54, 1.807) is 12.1 Å². The Morgan fingerprint density at radius 3 is 2.20 bits per heavy atom. The minimum absolute atomic E-state index is 0.0151. The van der Waals surface area contributed by atoms with Gasteiger partial charge in [0.05, 0.1) is 11.5 Å². The van der Waals surface area contributed by atoms with Crippen LogP contribution in [0.3, 0.4) is 0 Å². The summed E-state index contributed by atoms with van der Waals surface area (Å²) in [5.41, 5.74) is 4.78. The van der Waals surface area contributed by atoms with Gasteiger partial charge in [0.15, 0.2) is 9.84 Å². The van der Waals surface area contributed by atoms with Crippen LogP contribution in [0.4, 0.5) is 5.69 Å². The molecule has 1 amide bonds. The van der Waals surface area contributed by atoms with Crippen LogP contribution in [0.1, 0.15) is 35.1 Å². The molecule has 1 N–H and O–H groups in total. The van der Waals surface area contributed by atoms with Crippen LogP contribution >= 0.6 is 0 Å². The highest BCUT2D eigenvalue weighted by molar-refractivity contribution is 7.90. The molecule has 0 saturated heterocycles. The van der Waals surface area contributed by atoms with Gasteiger partial charge < -0.3 is 5.32 Å². The largest absolute Gasteiger partial charge is 0.326 e. The maximum Gasteiger partial charge on any atom is 0.224 e. The molecular weight excluding hydrogens is 334 g/mol. The SMILES string of the molecule is Cc1cc(C)c(NC(=O)CCCS(=O)(=O)Cc2ccccc2)c(C)c1. The average molecular weight is 359 g/mol. The lowest BCUT2D eigenvalue weighted by Gasteiger charge is -2.13. The van der Waals surface area contributed by atoms with Crippen molar-refractivity contribution in [3.05, 3.63) is 64.7 Å². The molecule has 0 saturated carbocycles. The molecule has 0 bridgehead atoms. The van der Waals surface area contributed by atoms with Crippen molar-refractivity contribution in [3.8, 4) is 0 Å². The Labute approximate surface area is 150 Å². The topological polar surface area (TPSA) is 63.2 Å². The van der Waals surface area contributed by atoms with Crippen LogP contribution in [-0.4, -0.2) is 20.1 Å². The first kappa shape index (κ1) is 19.2. The first-order valence-corrected chi connectivity index (χ1v) is 10.2. The van der Waals surface area contributed by atoms with Gasteiger partial charge in [0.1, 0.15) is 0 Å². The molecule has 25 heavy (non-hydrogen) atoms. The molecule has 2 aromatic rings. The highest BCUT2D eigenvalue weighted by Crippen LogP contribution is 2.22. The Hall–Kier alpha value is -2.14. The monoisotopic (exact) mass is 359 g/mol. The van der Waals surface area contributed by atoms with Gasteiger partial charge in [-0.2, -0.15) is 0 Å². The van der Waals surface area contributed by atoms with E-state index < -0.39 is 9.84 Å². The Balaban J connectivity index is 1.86. The lowest BCUT2D eigenvalue weighted by molar-refractivity contribution is -0.116. The van der Waals surface area contributed by atoms with E-state index in [0.29, 0.717) is 6.42 Å². The minimum atomic E-state index is -3.21. The molecule has 0 aliphatic rings. The van der Waals surface area contributed by atoms with Crippen LogP contribution in [0.25, 0.3) is 0 Å². The third-order valence-corrected chi connectivity index (χ3v) is 5.71. The summed E-state index contributed by atoms with van der Waals surface area (Å²) in [6.45, 7) is 5.93. The van der Waals surface area contributed by atoms with Crippen molar-refractivity contribution in [3.63, 3.8) is 0 Å². The lowest BCUT2D eigenvalue weighted by atomic mass is 10.0. The Kier molecular flexibility index (Phi) is 6.37. The summed E-state index contributed by atoms with van der Waals surface area (Å²) in [5, 5.41) is 2.91. The second-order valence-corrected chi connectivity index (χ2v) is 8.69. The van der Waals surface area contributed by atoms with Crippen LogP contribution in [0.15, 0.2) is 42.5 Å². The first-order chi connectivity index (χ1) is 11.8. The summed E-state index contributed by atoms with van der Waals surface area (Å²) in [7, 11) is -3.21. The molecule has 0 aliphatic heterocycles. The Morgan fingerprint density at radius 1 is 1.00 bits per heavy atom. The van der Waals surface area contributed by atoms with E-state index in [1.807, 2.05) is 51.1 Å². The molecular formula is C20H25NO3S. The number of aryl methyl sites for hydroxylation is 3. The summed E-state index contributed by atoms with van der Waals surface area (Å²) in [6.07, 6.45) is 0.520. The molecule has 2 aromatic carbocycles. The summed E-state index contributed by atoms with van der Waals surface area (Å²) < 4.78 is 24.3.